The van der Waals surface area contributed by atoms with Gasteiger partial charge in [-0.25, -0.2) is 4.79 Å². The van der Waals surface area contributed by atoms with E-state index in [1.165, 1.54) is 14.2 Å². The van der Waals surface area contributed by atoms with E-state index in [1.807, 2.05) is 0 Å². The number of hydrogen-bond donors (Lipinski definition) is 0. The number of methoxy groups -OCH3 is 2. The van der Waals surface area contributed by atoms with Crippen molar-refractivity contribution in [3.05, 3.63) is 49.8 Å². The van der Waals surface area contributed by atoms with Gasteiger partial charge in [-0.2, -0.15) is 0 Å². The minimum atomic E-state index is -0.543. The van der Waals surface area contributed by atoms with E-state index in [2.05, 4.69) is 20.7 Å². The van der Waals surface area contributed by atoms with Gasteiger partial charge < -0.3 is 23.7 Å². The molecule has 0 bridgehead atoms. The Balaban J connectivity index is 1.55. The summed E-state index contributed by atoms with van der Waals surface area (Å²) in [6.45, 7) is -0.216. The molecular weight excluding hydrogens is 554 g/mol. The van der Waals surface area contributed by atoms with Gasteiger partial charge in [0.05, 0.1) is 25.7 Å². The Morgan fingerprint density at radius 1 is 1.18 bits per heavy atom. The van der Waals surface area contributed by atoms with Crippen LogP contribution in [0.2, 0.25) is 5.02 Å². The Labute approximate surface area is 212 Å². The minimum absolute atomic E-state index is 0.0116. The third kappa shape index (κ3) is 4.96. The van der Waals surface area contributed by atoms with E-state index in [0.717, 1.165) is 16.7 Å². The van der Waals surface area contributed by atoms with Crippen LogP contribution in [-0.2, 0) is 20.9 Å². The van der Waals surface area contributed by atoms with Crippen LogP contribution in [0.4, 0.5) is 4.79 Å². The SMILES string of the molecule is COC(=O)COc1cc(Br)c(/C=C2/SC(=O)N(Cc3cc4c(cc3Cl)OCO4)C2=O)cc1OC. The van der Waals surface area contributed by atoms with Crippen LogP contribution >= 0.6 is 39.3 Å². The zero-order valence-corrected chi connectivity index (χ0v) is 21.0. The molecule has 0 aliphatic carbocycles. The van der Waals surface area contributed by atoms with Gasteiger partial charge in [-0.15, -0.1) is 0 Å². The first-order valence-corrected chi connectivity index (χ1v) is 11.7. The van der Waals surface area contributed by atoms with Crippen LogP contribution in [0, 0.1) is 0 Å². The highest BCUT2D eigenvalue weighted by molar-refractivity contribution is 9.10. The highest BCUT2D eigenvalue weighted by Gasteiger charge is 2.36. The van der Waals surface area contributed by atoms with E-state index in [0.29, 0.717) is 43.6 Å². The van der Waals surface area contributed by atoms with Crippen molar-refractivity contribution in [2.45, 2.75) is 6.54 Å². The number of imide groups is 1. The lowest BCUT2D eigenvalue weighted by molar-refractivity contribution is -0.142. The molecule has 12 heteroatoms. The molecule has 2 aliphatic heterocycles. The molecule has 2 aliphatic rings. The molecule has 1 saturated heterocycles. The van der Waals surface area contributed by atoms with Gasteiger partial charge in [0, 0.05) is 15.6 Å². The first-order valence-electron chi connectivity index (χ1n) is 9.71. The Bertz CT molecular complexity index is 1220. The van der Waals surface area contributed by atoms with E-state index < -0.39 is 17.1 Å². The molecule has 0 unspecified atom stereocenters. The summed E-state index contributed by atoms with van der Waals surface area (Å²) in [4.78, 5) is 38.3. The van der Waals surface area contributed by atoms with Crippen LogP contribution in [0.1, 0.15) is 11.1 Å². The van der Waals surface area contributed by atoms with E-state index in [-0.39, 0.29) is 24.8 Å². The van der Waals surface area contributed by atoms with E-state index >= 15 is 0 Å². The van der Waals surface area contributed by atoms with E-state index in [1.54, 1.807) is 30.3 Å². The van der Waals surface area contributed by atoms with Gasteiger partial charge in [0.15, 0.2) is 29.6 Å². The number of benzene rings is 2. The Morgan fingerprint density at radius 2 is 1.91 bits per heavy atom. The molecule has 34 heavy (non-hydrogen) atoms. The van der Waals surface area contributed by atoms with Crippen molar-refractivity contribution in [1.29, 1.82) is 0 Å². The fourth-order valence-electron chi connectivity index (χ4n) is 3.16. The largest absolute Gasteiger partial charge is 0.493 e. The topological polar surface area (TPSA) is 101 Å². The number of rotatable bonds is 7. The molecule has 0 saturated carbocycles. The van der Waals surface area contributed by atoms with Crippen LogP contribution < -0.4 is 18.9 Å². The highest BCUT2D eigenvalue weighted by atomic mass is 79.9. The van der Waals surface area contributed by atoms with Crippen molar-refractivity contribution in [3.63, 3.8) is 0 Å². The minimum Gasteiger partial charge on any atom is -0.493 e. The molecule has 0 aromatic heterocycles. The van der Waals surface area contributed by atoms with Crippen LogP contribution in [0.15, 0.2) is 33.6 Å². The quantitative estimate of drug-likeness (QED) is 0.348. The second-order valence-electron chi connectivity index (χ2n) is 6.95. The number of carbonyl (C=O) groups is 3. The summed E-state index contributed by atoms with van der Waals surface area (Å²) in [7, 11) is 2.70. The molecule has 2 aromatic rings. The zero-order chi connectivity index (χ0) is 24.4. The van der Waals surface area contributed by atoms with Gasteiger partial charge in [-0.3, -0.25) is 14.5 Å². The van der Waals surface area contributed by atoms with Gasteiger partial charge in [0.25, 0.3) is 11.1 Å². The van der Waals surface area contributed by atoms with Crippen molar-refractivity contribution < 1.29 is 38.1 Å². The van der Waals surface area contributed by atoms with E-state index in [9.17, 15) is 14.4 Å². The lowest BCUT2D eigenvalue weighted by atomic mass is 10.1. The molecule has 0 N–H and O–H groups in total. The third-order valence-electron chi connectivity index (χ3n) is 4.89. The predicted molar refractivity (Wildman–Crippen MR) is 127 cm³/mol. The van der Waals surface area contributed by atoms with Crippen LogP contribution in [0.5, 0.6) is 23.0 Å². The number of esters is 1. The van der Waals surface area contributed by atoms with Crippen LogP contribution in [0.3, 0.4) is 0 Å². The van der Waals surface area contributed by atoms with Crippen LogP contribution in [0.25, 0.3) is 6.08 Å². The Hall–Kier alpha value is -2.89. The van der Waals surface area contributed by atoms with Gasteiger partial charge in [0.2, 0.25) is 6.79 Å². The van der Waals surface area contributed by atoms with Crippen LogP contribution in [-0.4, -0.2) is 49.6 Å². The molecule has 2 aromatic carbocycles. The van der Waals surface area contributed by atoms with Crippen molar-refractivity contribution in [2.75, 3.05) is 27.6 Å². The molecule has 2 amide bonds. The molecule has 0 radical (unpaired) electrons. The smallest absolute Gasteiger partial charge is 0.343 e. The van der Waals surface area contributed by atoms with Crippen molar-refractivity contribution in [1.82, 2.24) is 4.90 Å². The standard InChI is InChI=1S/C22H17BrClNO8S/c1-29-15-3-11(13(23)6-17(15)31-9-20(26)30-2)5-19-21(27)25(22(28)34-19)8-12-4-16-18(7-14(12)24)33-10-32-16/h3-7H,8-10H2,1-2H3/b19-5+. The molecule has 1 fully saturated rings. The summed E-state index contributed by atoms with van der Waals surface area (Å²) < 4.78 is 26.5. The lowest BCUT2D eigenvalue weighted by Crippen LogP contribution is -2.27. The number of nitrogens with zero attached hydrogens (tertiary/aromatic N) is 1. The number of halogens is 2. The number of amides is 2. The maximum atomic E-state index is 13.0. The monoisotopic (exact) mass is 569 g/mol. The molecular formula is C22H17BrClNO8S. The summed E-state index contributed by atoms with van der Waals surface area (Å²) in [5.74, 6) is 0.666. The fraction of sp³-hybridized carbons (Fsp3) is 0.227. The normalized spacial score (nSPS) is 15.8. The van der Waals surface area contributed by atoms with Crippen molar-refractivity contribution >= 4 is 62.5 Å². The highest BCUT2D eigenvalue weighted by Crippen LogP contribution is 2.41. The number of thioether (sulfide) groups is 1. The molecule has 178 valence electrons. The van der Waals surface area contributed by atoms with Gasteiger partial charge >= 0.3 is 5.97 Å². The average molecular weight is 571 g/mol. The number of carbonyl (C=O) groups excluding carboxylic acids is 3. The Kier molecular flexibility index (Phi) is 7.24. The summed E-state index contributed by atoms with van der Waals surface area (Å²) >= 11 is 10.5. The maximum Gasteiger partial charge on any atom is 0.343 e. The molecule has 2 heterocycles. The first kappa shape index (κ1) is 24.2. The summed E-state index contributed by atoms with van der Waals surface area (Å²) in [5, 5.41) is -0.0617. The Morgan fingerprint density at radius 3 is 2.62 bits per heavy atom. The third-order valence-corrected chi connectivity index (χ3v) is 6.83. The number of hydrogen-bond acceptors (Lipinski definition) is 9. The van der Waals surface area contributed by atoms with Crippen molar-refractivity contribution in [2.24, 2.45) is 0 Å². The second kappa shape index (κ2) is 10.2. The zero-order valence-electron chi connectivity index (χ0n) is 17.9. The van der Waals surface area contributed by atoms with Gasteiger partial charge in [-0.1, -0.05) is 27.5 Å². The number of fused-ring (bicyclic) bond motifs is 1. The van der Waals surface area contributed by atoms with E-state index in [4.69, 9.17) is 30.5 Å². The summed E-state index contributed by atoms with van der Waals surface area (Å²) in [6, 6.07) is 6.48. The predicted octanol–water partition coefficient (Wildman–Crippen LogP) is 4.63. The van der Waals surface area contributed by atoms with Crippen molar-refractivity contribution in [3.8, 4) is 23.0 Å². The summed E-state index contributed by atoms with van der Waals surface area (Å²) in [5.41, 5.74) is 1.14. The lowest BCUT2D eigenvalue weighted by Gasteiger charge is -2.14. The number of ether oxygens (including phenoxy) is 5. The molecule has 9 nitrogen and oxygen atoms in total. The summed E-state index contributed by atoms with van der Waals surface area (Å²) in [6.07, 6.45) is 1.57. The van der Waals surface area contributed by atoms with Gasteiger partial charge in [0.1, 0.15) is 0 Å². The van der Waals surface area contributed by atoms with Gasteiger partial charge in [-0.05, 0) is 47.2 Å². The fourth-order valence-corrected chi connectivity index (χ4v) is 4.64. The second-order valence-corrected chi connectivity index (χ2v) is 9.21. The molecule has 0 spiro atoms. The molecule has 4 rings (SSSR count). The first-order chi connectivity index (χ1) is 16.3. The molecule has 0 atom stereocenters. The average Bonchev–Trinajstić information content (AvgIpc) is 3.37. The maximum absolute atomic E-state index is 13.0.